The van der Waals surface area contributed by atoms with Crippen molar-refractivity contribution in [2.45, 2.75) is 6.18 Å². The minimum Gasteiger partial charge on any atom is -0.284 e. The number of hydrogen-bond acceptors (Lipinski definition) is 1. The Bertz CT molecular complexity index is 372. The Hall–Kier alpha value is -1.10. The summed E-state index contributed by atoms with van der Waals surface area (Å²) in [5.74, 6) is -2.91. The molecule has 0 aliphatic heterocycles. The second-order valence-electron chi connectivity index (χ2n) is 2.46. The number of benzene rings is 1. The molecule has 0 aliphatic carbocycles. The Labute approximate surface area is 81.3 Å². The van der Waals surface area contributed by atoms with Crippen molar-refractivity contribution in [2.75, 3.05) is 0 Å². The molecule has 0 bridgehead atoms. The van der Waals surface area contributed by atoms with Crippen molar-refractivity contribution in [3.63, 3.8) is 0 Å². The van der Waals surface area contributed by atoms with Gasteiger partial charge in [0, 0.05) is 5.56 Å². The predicted molar refractivity (Wildman–Crippen MR) is 41.8 cm³/mol. The van der Waals surface area contributed by atoms with Crippen LogP contribution in [0.15, 0.2) is 18.2 Å². The highest BCUT2D eigenvalue weighted by Gasteiger charge is 2.39. The number of alkyl halides is 3. The molecule has 0 amide bonds. The number of rotatable bonds is 1. The van der Waals surface area contributed by atoms with E-state index in [1.807, 2.05) is 0 Å². The highest BCUT2D eigenvalue weighted by Crippen LogP contribution is 2.24. The van der Waals surface area contributed by atoms with Crippen molar-refractivity contribution < 1.29 is 22.4 Å². The van der Waals surface area contributed by atoms with Crippen molar-refractivity contribution in [1.29, 1.82) is 0 Å². The third-order valence-corrected chi connectivity index (χ3v) is 1.73. The maximum atomic E-state index is 12.5. The zero-order valence-corrected chi connectivity index (χ0v) is 7.29. The standard InChI is InChI=1S/C8H3ClF4O/c9-5-3-4(1-2-6(5)10)7(14)8(11,12)13/h1-3H. The van der Waals surface area contributed by atoms with Gasteiger partial charge in [-0.2, -0.15) is 13.2 Å². The summed E-state index contributed by atoms with van der Waals surface area (Å²) in [6.07, 6.45) is -4.97. The summed E-state index contributed by atoms with van der Waals surface area (Å²) in [5.41, 5.74) is -0.677. The molecule has 0 aromatic heterocycles. The smallest absolute Gasteiger partial charge is 0.284 e. The molecule has 0 spiro atoms. The Balaban J connectivity index is 3.10. The second kappa shape index (κ2) is 3.57. The molecular formula is C8H3ClF4O. The molecule has 0 aliphatic rings. The van der Waals surface area contributed by atoms with Crippen molar-refractivity contribution >= 4 is 17.4 Å². The van der Waals surface area contributed by atoms with E-state index in [2.05, 4.69) is 0 Å². The van der Waals surface area contributed by atoms with Crippen molar-refractivity contribution in [3.8, 4) is 0 Å². The third-order valence-electron chi connectivity index (χ3n) is 1.44. The van der Waals surface area contributed by atoms with E-state index >= 15 is 0 Å². The molecule has 1 nitrogen and oxygen atoms in total. The molecule has 6 heteroatoms. The lowest BCUT2D eigenvalue weighted by Gasteiger charge is -2.05. The first-order valence-corrected chi connectivity index (χ1v) is 3.77. The van der Waals surface area contributed by atoms with Gasteiger partial charge in [0.2, 0.25) is 0 Å². The van der Waals surface area contributed by atoms with Gasteiger partial charge in [-0.1, -0.05) is 11.6 Å². The van der Waals surface area contributed by atoms with Gasteiger partial charge in [-0.05, 0) is 18.2 Å². The Kier molecular flexibility index (Phi) is 2.80. The van der Waals surface area contributed by atoms with Crippen molar-refractivity contribution in [1.82, 2.24) is 0 Å². The summed E-state index contributed by atoms with van der Waals surface area (Å²) in [5, 5.41) is -0.514. The lowest BCUT2D eigenvalue weighted by atomic mass is 10.1. The minimum atomic E-state index is -4.97. The van der Waals surface area contributed by atoms with Crippen LogP contribution in [0.2, 0.25) is 5.02 Å². The minimum absolute atomic E-state index is 0.514. The van der Waals surface area contributed by atoms with Gasteiger partial charge >= 0.3 is 6.18 Å². The monoisotopic (exact) mass is 226 g/mol. The van der Waals surface area contributed by atoms with Gasteiger partial charge in [0.05, 0.1) is 5.02 Å². The molecule has 14 heavy (non-hydrogen) atoms. The quantitative estimate of drug-likeness (QED) is 0.531. The highest BCUT2D eigenvalue weighted by molar-refractivity contribution is 6.31. The number of hydrogen-bond donors (Lipinski definition) is 0. The van der Waals surface area contributed by atoms with Gasteiger partial charge in [-0.25, -0.2) is 4.39 Å². The summed E-state index contributed by atoms with van der Waals surface area (Å²) < 4.78 is 48.2. The fourth-order valence-electron chi connectivity index (χ4n) is 0.801. The number of carbonyl (C=O) groups excluding carboxylic acids is 1. The number of ketones is 1. The summed E-state index contributed by atoms with van der Waals surface area (Å²) in [4.78, 5) is 10.6. The Morgan fingerprint density at radius 1 is 1.29 bits per heavy atom. The first-order chi connectivity index (χ1) is 6.32. The van der Waals surface area contributed by atoms with E-state index in [1.165, 1.54) is 0 Å². The van der Waals surface area contributed by atoms with Crippen LogP contribution in [0.4, 0.5) is 17.6 Å². The lowest BCUT2D eigenvalue weighted by Crippen LogP contribution is -2.22. The van der Waals surface area contributed by atoms with E-state index in [0.717, 1.165) is 6.07 Å². The second-order valence-corrected chi connectivity index (χ2v) is 2.86. The summed E-state index contributed by atoms with van der Waals surface area (Å²) in [7, 11) is 0. The maximum absolute atomic E-state index is 12.5. The van der Waals surface area contributed by atoms with Gasteiger partial charge in [0.1, 0.15) is 5.82 Å². The normalized spacial score (nSPS) is 11.5. The van der Waals surface area contributed by atoms with E-state index < -0.39 is 28.4 Å². The first-order valence-electron chi connectivity index (χ1n) is 3.39. The molecule has 0 unspecified atom stereocenters. The summed E-state index contributed by atoms with van der Waals surface area (Å²) in [6.45, 7) is 0. The average molecular weight is 227 g/mol. The highest BCUT2D eigenvalue weighted by atomic mass is 35.5. The van der Waals surface area contributed by atoms with Gasteiger partial charge in [0.25, 0.3) is 5.78 Å². The van der Waals surface area contributed by atoms with Crippen LogP contribution in [0.3, 0.4) is 0 Å². The van der Waals surface area contributed by atoms with E-state index in [1.54, 1.807) is 0 Å². The SMILES string of the molecule is O=C(c1ccc(F)c(Cl)c1)C(F)(F)F. The first kappa shape index (κ1) is 11.0. The third kappa shape index (κ3) is 2.23. The van der Waals surface area contributed by atoms with Crippen LogP contribution in [0.5, 0.6) is 0 Å². The Morgan fingerprint density at radius 3 is 2.29 bits per heavy atom. The molecule has 0 N–H and O–H groups in total. The number of halogens is 5. The number of Topliss-reactive ketones (excluding diaryl/α,β-unsaturated/α-hetero) is 1. The molecule has 0 fully saturated rings. The molecule has 0 atom stereocenters. The summed E-state index contributed by atoms with van der Waals surface area (Å²) >= 11 is 5.21. The van der Waals surface area contributed by atoms with E-state index in [9.17, 15) is 22.4 Å². The van der Waals surface area contributed by atoms with Crippen LogP contribution < -0.4 is 0 Å². The molecule has 0 saturated heterocycles. The van der Waals surface area contributed by atoms with Crippen LogP contribution >= 0.6 is 11.6 Å². The molecule has 0 radical (unpaired) electrons. The fraction of sp³-hybridized carbons (Fsp3) is 0.125. The molecule has 0 saturated carbocycles. The topological polar surface area (TPSA) is 17.1 Å². The largest absolute Gasteiger partial charge is 0.454 e. The number of carbonyl (C=O) groups is 1. The van der Waals surface area contributed by atoms with Gasteiger partial charge < -0.3 is 0 Å². The van der Waals surface area contributed by atoms with Crippen LogP contribution in [0.1, 0.15) is 10.4 Å². The van der Waals surface area contributed by atoms with Gasteiger partial charge in [0.15, 0.2) is 0 Å². The average Bonchev–Trinajstić information content (AvgIpc) is 2.07. The van der Waals surface area contributed by atoms with Crippen LogP contribution in [-0.4, -0.2) is 12.0 Å². The van der Waals surface area contributed by atoms with Gasteiger partial charge in [-0.3, -0.25) is 4.79 Å². The van der Waals surface area contributed by atoms with Crippen molar-refractivity contribution in [3.05, 3.63) is 34.6 Å². The predicted octanol–water partition coefficient (Wildman–Crippen LogP) is 3.22. The van der Waals surface area contributed by atoms with E-state index in [-0.39, 0.29) is 0 Å². The van der Waals surface area contributed by atoms with Crippen LogP contribution in [0, 0.1) is 5.82 Å². The lowest BCUT2D eigenvalue weighted by molar-refractivity contribution is -0.0885. The summed E-state index contributed by atoms with van der Waals surface area (Å²) in [6, 6.07) is 2.09. The zero-order chi connectivity index (χ0) is 10.9. The maximum Gasteiger partial charge on any atom is 0.454 e. The van der Waals surface area contributed by atoms with Crippen LogP contribution in [-0.2, 0) is 0 Å². The van der Waals surface area contributed by atoms with Gasteiger partial charge in [-0.15, -0.1) is 0 Å². The molecular weight excluding hydrogens is 224 g/mol. The molecule has 1 aromatic rings. The molecule has 76 valence electrons. The molecule has 1 rings (SSSR count). The van der Waals surface area contributed by atoms with Crippen molar-refractivity contribution in [2.24, 2.45) is 0 Å². The molecule has 0 heterocycles. The Morgan fingerprint density at radius 2 is 1.86 bits per heavy atom. The zero-order valence-electron chi connectivity index (χ0n) is 6.53. The van der Waals surface area contributed by atoms with E-state index in [0.29, 0.717) is 12.1 Å². The van der Waals surface area contributed by atoms with E-state index in [4.69, 9.17) is 11.6 Å². The molecule has 1 aromatic carbocycles. The van der Waals surface area contributed by atoms with Crippen LogP contribution in [0.25, 0.3) is 0 Å². The fourth-order valence-corrected chi connectivity index (χ4v) is 0.982.